The van der Waals surface area contributed by atoms with Crippen molar-refractivity contribution in [1.82, 2.24) is 30.5 Å². The van der Waals surface area contributed by atoms with Crippen LogP contribution < -0.4 is 15.6 Å². The molecular weight excluding hydrogens is 528 g/mol. The number of nitrogens with one attached hydrogen (secondary N) is 2. The van der Waals surface area contributed by atoms with Gasteiger partial charge in [-0.25, -0.2) is 9.67 Å². The lowest BCUT2D eigenvalue weighted by Crippen LogP contribution is -2.42. The SMILES string of the molecule is COc1cccc(CC(=O)NNC(=O)c2csc(C3CCN(C(=O)c4cnn(-c5ccccc5)c4C)CC3)n2)c1. The zero-order valence-electron chi connectivity index (χ0n) is 22.3. The van der Waals surface area contributed by atoms with Gasteiger partial charge >= 0.3 is 0 Å². The number of ether oxygens (including phenoxy) is 1. The van der Waals surface area contributed by atoms with Gasteiger partial charge < -0.3 is 9.64 Å². The first-order chi connectivity index (χ1) is 19.4. The molecule has 40 heavy (non-hydrogen) atoms. The molecule has 1 saturated heterocycles. The highest BCUT2D eigenvalue weighted by Gasteiger charge is 2.28. The Bertz CT molecular complexity index is 1510. The minimum absolute atomic E-state index is 0.0259. The van der Waals surface area contributed by atoms with Crippen molar-refractivity contribution in [2.45, 2.75) is 32.1 Å². The van der Waals surface area contributed by atoms with E-state index in [1.54, 1.807) is 41.6 Å². The molecule has 2 aromatic heterocycles. The molecule has 206 valence electrons. The second-order valence-corrected chi connectivity index (χ2v) is 10.4. The zero-order chi connectivity index (χ0) is 28.1. The first-order valence-corrected chi connectivity index (χ1v) is 13.9. The summed E-state index contributed by atoms with van der Waals surface area (Å²) in [4.78, 5) is 44.4. The van der Waals surface area contributed by atoms with Crippen molar-refractivity contribution >= 4 is 29.1 Å². The Kier molecular flexibility index (Phi) is 8.20. The number of carbonyl (C=O) groups excluding carboxylic acids is 3. The summed E-state index contributed by atoms with van der Waals surface area (Å²) in [6.07, 6.45) is 3.24. The molecule has 0 aliphatic carbocycles. The second kappa shape index (κ2) is 12.1. The van der Waals surface area contributed by atoms with Crippen molar-refractivity contribution in [1.29, 1.82) is 0 Å². The summed E-state index contributed by atoms with van der Waals surface area (Å²) >= 11 is 1.42. The molecule has 1 aliphatic rings. The number of aromatic nitrogens is 3. The van der Waals surface area contributed by atoms with E-state index in [1.165, 1.54) is 11.3 Å². The van der Waals surface area contributed by atoms with E-state index in [4.69, 9.17) is 4.74 Å². The number of methoxy groups -OCH3 is 1. The fourth-order valence-corrected chi connectivity index (χ4v) is 5.70. The minimum Gasteiger partial charge on any atom is -0.497 e. The Labute approximate surface area is 236 Å². The van der Waals surface area contributed by atoms with Crippen LogP contribution in [0.3, 0.4) is 0 Å². The van der Waals surface area contributed by atoms with Crippen molar-refractivity contribution in [2.75, 3.05) is 20.2 Å². The van der Waals surface area contributed by atoms with Gasteiger partial charge in [0.1, 0.15) is 11.4 Å². The summed E-state index contributed by atoms with van der Waals surface area (Å²) in [7, 11) is 1.56. The number of para-hydroxylation sites is 1. The van der Waals surface area contributed by atoms with Gasteiger partial charge in [-0.3, -0.25) is 25.2 Å². The van der Waals surface area contributed by atoms with E-state index in [-0.39, 0.29) is 29.8 Å². The Morgan fingerprint density at radius 2 is 1.82 bits per heavy atom. The van der Waals surface area contributed by atoms with E-state index in [0.717, 1.165) is 34.8 Å². The number of carbonyl (C=O) groups is 3. The number of likely N-dealkylation sites (tertiary alicyclic amines) is 1. The lowest BCUT2D eigenvalue weighted by Gasteiger charge is -2.31. The maximum absolute atomic E-state index is 13.2. The van der Waals surface area contributed by atoms with Crippen molar-refractivity contribution in [3.63, 3.8) is 0 Å². The van der Waals surface area contributed by atoms with Crippen molar-refractivity contribution < 1.29 is 19.1 Å². The van der Waals surface area contributed by atoms with Gasteiger partial charge in [-0.15, -0.1) is 11.3 Å². The summed E-state index contributed by atoms with van der Waals surface area (Å²) in [6, 6.07) is 16.9. The third-order valence-corrected chi connectivity index (χ3v) is 7.95. The number of piperidine rings is 1. The predicted molar refractivity (Wildman–Crippen MR) is 151 cm³/mol. The average molecular weight is 559 g/mol. The van der Waals surface area contributed by atoms with Crippen LogP contribution in [0, 0.1) is 6.92 Å². The third-order valence-electron chi connectivity index (χ3n) is 6.94. The van der Waals surface area contributed by atoms with Crippen LogP contribution in [0.4, 0.5) is 0 Å². The molecule has 10 nitrogen and oxygen atoms in total. The average Bonchev–Trinajstić information content (AvgIpc) is 3.64. The number of hydrogen-bond acceptors (Lipinski definition) is 7. The van der Waals surface area contributed by atoms with Crippen molar-refractivity contribution in [2.24, 2.45) is 0 Å². The lowest BCUT2D eigenvalue weighted by atomic mass is 9.97. The predicted octanol–water partition coefficient (Wildman–Crippen LogP) is 3.67. The third kappa shape index (κ3) is 6.04. The number of thiazole rings is 1. The molecule has 1 fully saturated rings. The molecule has 0 bridgehead atoms. The first kappa shape index (κ1) is 27.1. The van der Waals surface area contributed by atoms with Crippen LogP contribution in [-0.4, -0.2) is 57.6 Å². The maximum atomic E-state index is 13.2. The quantitative estimate of drug-likeness (QED) is 0.334. The largest absolute Gasteiger partial charge is 0.497 e. The zero-order valence-corrected chi connectivity index (χ0v) is 23.1. The number of hydrogen-bond donors (Lipinski definition) is 2. The fraction of sp³-hybridized carbons (Fsp3) is 0.276. The van der Waals surface area contributed by atoms with Crippen LogP contribution in [0.2, 0.25) is 0 Å². The Balaban J connectivity index is 1.12. The van der Waals surface area contributed by atoms with E-state index in [9.17, 15) is 14.4 Å². The van der Waals surface area contributed by atoms with E-state index in [0.29, 0.717) is 24.4 Å². The summed E-state index contributed by atoms with van der Waals surface area (Å²) in [6.45, 7) is 3.10. The molecule has 0 radical (unpaired) electrons. The summed E-state index contributed by atoms with van der Waals surface area (Å²) < 4.78 is 6.95. The normalized spacial score (nSPS) is 13.6. The van der Waals surface area contributed by atoms with Crippen LogP contribution >= 0.6 is 11.3 Å². The standard InChI is InChI=1S/C29H30N6O4S/c1-19-24(17-30-35(19)22-8-4-3-5-9-22)29(38)34-13-11-21(12-14-34)28-31-25(18-40-28)27(37)33-32-26(36)16-20-7-6-10-23(15-20)39-2/h3-10,15,17-18,21H,11-14,16H2,1-2H3,(H,32,36)(H,33,37). The van der Waals surface area contributed by atoms with Gasteiger partial charge in [0.25, 0.3) is 11.8 Å². The van der Waals surface area contributed by atoms with Gasteiger partial charge in [0.05, 0.1) is 41.7 Å². The van der Waals surface area contributed by atoms with Crippen LogP contribution in [0.5, 0.6) is 5.75 Å². The number of hydrazine groups is 1. The Hall–Kier alpha value is -4.51. The molecule has 2 aromatic carbocycles. The van der Waals surface area contributed by atoms with Gasteiger partial charge in [-0.05, 0) is 49.6 Å². The Morgan fingerprint density at radius 3 is 2.58 bits per heavy atom. The minimum atomic E-state index is -0.472. The highest BCUT2D eigenvalue weighted by atomic mass is 32.1. The molecule has 3 amide bonds. The van der Waals surface area contributed by atoms with E-state index < -0.39 is 5.91 Å². The summed E-state index contributed by atoms with van der Waals surface area (Å²) in [5.74, 6) is -0.0270. The molecule has 11 heteroatoms. The number of nitrogens with zero attached hydrogens (tertiary/aromatic N) is 4. The molecule has 2 N–H and O–H groups in total. The van der Waals surface area contributed by atoms with Crippen LogP contribution in [0.1, 0.15) is 55.9 Å². The number of amides is 3. The summed E-state index contributed by atoms with van der Waals surface area (Å²) in [5.41, 5.74) is 8.23. The van der Waals surface area contributed by atoms with Crippen LogP contribution in [-0.2, 0) is 11.2 Å². The molecule has 0 spiro atoms. The Morgan fingerprint density at radius 1 is 1.05 bits per heavy atom. The lowest BCUT2D eigenvalue weighted by molar-refractivity contribution is -0.121. The van der Waals surface area contributed by atoms with Crippen molar-refractivity contribution in [3.05, 3.63) is 93.7 Å². The highest BCUT2D eigenvalue weighted by molar-refractivity contribution is 7.09. The van der Waals surface area contributed by atoms with E-state index in [1.807, 2.05) is 48.2 Å². The topological polar surface area (TPSA) is 118 Å². The molecular formula is C29H30N6O4S. The second-order valence-electron chi connectivity index (χ2n) is 9.56. The smallest absolute Gasteiger partial charge is 0.289 e. The van der Waals surface area contributed by atoms with Gasteiger partial charge in [-0.1, -0.05) is 30.3 Å². The maximum Gasteiger partial charge on any atom is 0.289 e. The fourth-order valence-electron chi connectivity index (χ4n) is 4.73. The van der Waals surface area contributed by atoms with E-state index in [2.05, 4.69) is 20.9 Å². The molecule has 0 unspecified atom stereocenters. The van der Waals surface area contributed by atoms with Gasteiger partial charge in [-0.2, -0.15) is 5.10 Å². The first-order valence-electron chi connectivity index (χ1n) is 13.0. The van der Waals surface area contributed by atoms with Gasteiger partial charge in [0, 0.05) is 24.4 Å². The van der Waals surface area contributed by atoms with Crippen molar-refractivity contribution in [3.8, 4) is 11.4 Å². The van der Waals surface area contributed by atoms with Crippen LogP contribution in [0.15, 0.2) is 66.2 Å². The van der Waals surface area contributed by atoms with E-state index >= 15 is 0 Å². The number of benzene rings is 2. The van der Waals surface area contributed by atoms with Gasteiger partial charge in [0.15, 0.2) is 0 Å². The molecule has 5 rings (SSSR count). The van der Waals surface area contributed by atoms with Crippen LogP contribution in [0.25, 0.3) is 5.69 Å². The monoisotopic (exact) mass is 558 g/mol. The molecule has 0 atom stereocenters. The molecule has 0 saturated carbocycles. The summed E-state index contributed by atoms with van der Waals surface area (Å²) in [5, 5.41) is 6.98. The number of rotatable bonds is 7. The molecule has 1 aliphatic heterocycles. The van der Waals surface area contributed by atoms with Gasteiger partial charge in [0.2, 0.25) is 5.91 Å². The highest BCUT2D eigenvalue weighted by Crippen LogP contribution is 2.31. The molecule has 3 heterocycles. The molecule has 4 aromatic rings.